The third kappa shape index (κ3) is 4.95. The summed E-state index contributed by atoms with van der Waals surface area (Å²) in [5.41, 5.74) is 0. The van der Waals surface area contributed by atoms with Crippen molar-refractivity contribution in [2.45, 2.75) is 43.0 Å². The van der Waals surface area contributed by atoms with Crippen LogP contribution in [0.3, 0.4) is 0 Å². The van der Waals surface area contributed by atoms with Crippen LogP contribution in [-0.2, 0) is 23.3 Å². The molecule has 0 amide bonds. The number of ketones is 1. The Balaban J connectivity index is 3.34. The standard InChI is InChI=1S/C13H17F9O5S2/c1-2-3-9(23)8-28(6-4-26-5-7-28)27-29(24,25)13(21,22)11(16,17)10(14,15)12(18,19)20/h2-8H2,1H3. The molecule has 174 valence electrons. The molecule has 0 radical (unpaired) electrons. The number of carbonyl (C=O) groups excluding carboxylic acids is 1. The van der Waals surface area contributed by atoms with Crippen LogP contribution in [0.4, 0.5) is 39.5 Å². The average molecular weight is 488 g/mol. The summed E-state index contributed by atoms with van der Waals surface area (Å²) in [7, 11) is -10.4. The Bertz CT molecular complexity index is 700. The Morgan fingerprint density at radius 2 is 1.45 bits per heavy atom. The summed E-state index contributed by atoms with van der Waals surface area (Å²) in [5.74, 6) is -17.2. The van der Waals surface area contributed by atoms with Crippen molar-refractivity contribution in [3.8, 4) is 0 Å². The van der Waals surface area contributed by atoms with Gasteiger partial charge in [0.2, 0.25) is 0 Å². The fourth-order valence-electron chi connectivity index (χ4n) is 2.26. The van der Waals surface area contributed by atoms with Crippen molar-refractivity contribution in [3.05, 3.63) is 0 Å². The molecule has 0 aromatic carbocycles. The molecule has 0 saturated carbocycles. The molecule has 0 aromatic heterocycles. The highest BCUT2D eigenvalue weighted by molar-refractivity contribution is 8.33. The zero-order valence-corrected chi connectivity index (χ0v) is 16.3. The van der Waals surface area contributed by atoms with Crippen LogP contribution in [0.25, 0.3) is 0 Å². The molecule has 0 aromatic rings. The number of Topliss-reactive ketones (excluding diaryl/α,β-unsaturated/α-hetero) is 1. The molecule has 0 bridgehead atoms. The first kappa shape index (κ1) is 26.3. The van der Waals surface area contributed by atoms with Crippen LogP contribution in [0.5, 0.6) is 0 Å². The summed E-state index contributed by atoms with van der Waals surface area (Å²) >= 11 is 0. The molecule has 0 aliphatic carbocycles. The Morgan fingerprint density at radius 1 is 0.966 bits per heavy atom. The van der Waals surface area contributed by atoms with E-state index in [1.54, 1.807) is 6.92 Å². The summed E-state index contributed by atoms with van der Waals surface area (Å²) in [6.07, 6.45) is -7.04. The maximum Gasteiger partial charge on any atom is 0.460 e. The van der Waals surface area contributed by atoms with Crippen molar-refractivity contribution in [2.75, 3.05) is 30.5 Å². The minimum Gasteiger partial charge on any atom is -0.380 e. The monoisotopic (exact) mass is 488 g/mol. The smallest absolute Gasteiger partial charge is 0.380 e. The Kier molecular flexibility index (Phi) is 7.63. The summed E-state index contributed by atoms with van der Waals surface area (Å²) in [6, 6.07) is 0. The number of carbonyl (C=O) groups is 1. The normalized spacial score (nSPS) is 20.3. The predicted molar refractivity (Wildman–Crippen MR) is 83.8 cm³/mol. The zero-order chi connectivity index (χ0) is 22.9. The van der Waals surface area contributed by atoms with Gasteiger partial charge in [0.15, 0.2) is 0 Å². The number of alkyl halides is 9. The van der Waals surface area contributed by atoms with Crippen molar-refractivity contribution >= 4 is 26.2 Å². The quantitative estimate of drug-likeness (QED) is 0.461. The average Bonchev–Trinajstić information content (AvgIpc) is 2.53. The predicted octanol–water partition coefficient (Wildman–Crippen LogP) is 3.88. The SMILES string of the molecule is CCCC(=O)CS1(OS(=O)(=O)C(F)(F)C(F)(F)C(F)(F)C(F)(F)F)CCOCC1. The van der Waals surface area contributed by atoms with Gasteiger partial charge in [0.05, 0.1) is 19.0 Å². The second-order valence-electron chi connectivity index (χ2n) is 6.11. The van der Waals surface area contributed by atoms with E-state index in [0.29, 0.717) is 0 Å². The molecular formula is C13H17F9O5S2. The van der Waals surface area contributed by atoms with Crippen LogP contribution in [0.1, 0.15) is 19.8 Å². The van der Waals surface area contributed by atoms with Gasteiger partial charge in [-0.25, -0.2) is 3.63 Å². The fraction of sp³-hybridized carbons (Fsp3) is 0.923. The number of hydrogen-bond acceptors (Lipinski definition) is 5. The number of ether oxygens (including phenoxy) is 1. The second kappa shape index (κ2) is 8.42. The van der Waals surface area contributed by atoms with Crippen molar-refractivity contribution in [2.24, 2.45) is 0 Å². The second-order valence-corrected chi connectivity index (χ2v) is 11.1. The van der Waals surface area contributed by atoms with Crippen molar-refractivity contribution in [3.63, 3.8) is 0 Å². The highest BCUT2D eigenvalue weighted by Gasteiger charge is 2.86. The van der Waals surface area contributed by atoms with E-state index >= 15 is 0 Å². The molecule has 1 aliphatic heterocycles. The topological polar surface area (TPSA) is 69.7 Å². The molecule has 0 N–H and O–H groups in total. The van der Waals surface area contributed by atoms with Gasteiger partial charge < -0.3 is 4.74 Å². The van der Waals surface area contributed by atoms with E-state index in [1.807, 2.05) is 0 Å². The van der Waals surface area contributed by atoms with Gasteiger partial charge >= 0.3 is 33.4 Å². The van der Waals surface area contributed by atoms with Gasteiger partial charge in [0.25, 0.3) is 0 Å². The summed E-state index contributed by atoms with van der Waals surface area (Å²) in [6.45, 7) is 0.922. The van der Waals surface area contributed by atoms with Crippen molar-refractivity contribution in [1.29, 1.82) is 0 Å². The van der Waals surface area contributed by atoms with Crippen LogP contribution in [0.2, 0.25) is 0 Å². The summed E-state index contributed by atoms with van der Waals surface area (Å²) in [4.78, 5) is 11.8. The van der Waals surface area contributed by atoms with Crippen LogP contribution < -0.4 is 0 Å². The van der Waals surface area contributed by atoms with Crippen molar-refractivity contribution < 1.29 is 61.1 Å². The van der Waals surface area contributed by atoms with Gasteiger partial charge in [0, 0.05) is 17.9 Å². The minimum atomic E-state index is -7.38. The van der Waals surface area contributed by atoms with E-state index in [9.17, 15) is 52.7 Å². The molecule has 29 heavy (non-hydrogen) atoms. The van der Waals surface area contributed by atoms with Gasteiger partial charge in [0.1, 0.15) is 5.78 Å². The lowest BCUT2D eigenvalue weighted by atomic mass is 10.1. The van der Waals surface area contributed by atoms with E-state index in [0.717, 1.165) is 0 Å². The van der Waals surface area contributed by atoms with Crippen molar-refractivity contribution in [1.82, 2.24) is 0 Å². The number of hydrogen-bond donors (Lipinski definition) is 0. The lowest BCUT2D eigenvalue weighted by Gasteiger charge is -2.42. The van der Waals surface area contributed by atoms with Crippen LogP contribution >= 0.6 is 10.3 Å². The fourth-order valence-corrected chi connectivity index (χ4v) is 7.37. The zero-order valence-electron chi connectivity index (χ0n) is 14.7. The summed E-state index contributed by atoms with van der Waals surface area (Å²) < 4.78 is 150. The third-order valence-electron chi connectivity index (χ3n) is 3.82. The first-order valence-electron chi connectivity index (χ1n) is 7.88. The van der Waals surface area contributed by atoms with Gasteiger partial charge in [-0.2, -0.15) is 47.9 Å². The highest BCUT2D eigenvalue weighted by atomic mass is 32.3. The van der Waals surface area contributed by atoms with Gasteiger partial charge in [-0.1, -0.05) is 6.92 Å². The molecule has 1 rings (SSSR count). The number of rotatable bonds is 9. The molecule has 0 atom stereocenters. The van der Waals surface area contributed by atoms with E-state index in [-0.39, 0.29) is 26.1 Å². The van der Waals surface area contributed by atoms with E-state index in [2.05, 4.69) is 3.63 Å². The summed E-state index contributed by atoms with van der Waals surface area (Å²) in [5, 5.41) is -6.94. The molecule has 1 aliphatic rings. The van der Waals surface area contributed by atoms with E-state index in [4.69, 9.17) is 4.74 Å². The first-order valence-corrected chi connectivity index (χ1v) is 11.4. The van der Waals surface area contributed by atoms with Gasteiger partial charge in [-0.3, -0.25) is 4.79 Å². The Morgan fingerprint density at radius 3 is 1.86 bits per heavy atom. The Labute approximate surface area is 161 Å². The molecule has 1 heterocycles. The maximum absolute atomic E-state index is 13.9. The van der Waals surface area contributed by atoms with Crippen LogP contribution in [0.15, 0.2) is 0 Å². The minimum absolute atomic E-state index is 0.141. The number of halogens is 9. The lowest BCUT2D eigenvalue weighted by molar-refractivity contribution is -0.382. The van der Waals surface area contributed by atoms with Crippen LogP contribution in [0, 0.1) is 0 Å². The van der Waals surface area contributed by atoms with E-state index in [1.165, 1.54) is 0 Å². The maximum atomic E-state index is 13.9. The molecule has 16 heteroatoms. The first-order chi connectivity index (χ1) is 12.9. The third-order valence-corrected chi connectivity index (χ3v) is 9.24. The molecule has 5 nitrogen and oxygen atoms in total. The highest BCUT2D eigenvalue weighted by Crippen LogP contribution is 2.59. The molecule has 0 unspecified atom stereocenters. The lowest BCUT2D eigenvalue weighted by Crippen LogP contribution is -2.63. The van der Waals surface area contributed by atoms with E-state index < -0.39 is 66.7 Å². The largest absolute Gasteiger partial charge is 0.460 e. The molecule has 1 fully saturated rings. The molecular weight excluding hydrogens is 471 g/mol. The Hall–Kier alpha value is -0.740. The van der Waals surface area contributed by atoms with Crippen LogP contribution in [-0.4, -0.2) is 67.9 Å². The van der Waals surface area contributed by atoms with Gasteiger partial charge in [-0.05, 0) is 6.42 Å². The molecule has 0 spiro atoms. The van der Waals surface area contributed by atoms with Gasteiger partial charge in [-0.15, -0.1) is 10.3 Å². The molecule has 1 saturated heterocycles.